The maximum atomic E-state index is 11.5. The van der Waals surface area contributed by atoms with Crippen LogP contribution in [0.2, 0.25) is 0 Å². The van der Waals surface area contributed by atoms with Crippen LogP contribution in [0.25, 0.3) is 5.70 Å². The Kier molecular flexibility index (Phi) is 1.42. The van der Waals surface area contributed by atoms with Crippen LogP contribution in [0, 0.1) is 0 Å². The number of hydrogen-bond acceptors (Lipinski definition) is 2. The minimum atomic E-state index is -0.196. The Morgan fingerprint density at radius 2 is 2.15 bits per heavy atom. The number of hydrogen-bond donors (Lipinski definition) is 1. The smallest absolute Gasteiger partial charge is 0.262 e. The number of phenolic OH excluding ortho intramolecular Hbond substituents is 1. The van der Waals surface area contributed by atoms with Gasteiger partial charge in [-0.15, -0.1) is 0 Å². The van der Waals surface area contributed by atoms with Gasteiger partial charge in [0.25, 0.3) is 5.91 Å². The lowest BCUT2D eigenvalue weighted by molar-refractivity contribution is 0.0872. The van der Waals surface area contributed by atoms with Crippen molar-refractivity contribution in [1.82, 2.24) is 4.90 Å². The molecule has 0 atom stereocenters. The van der Waals surface area contributed by atoms with Crippen molar-refractivity contribution in [3.05, 3.63) is 35.9 Å². The molecule has 0 radical (unpaired) electrons. The second-order valence-electron chi connectivity index (χ2n) is 3.01. The van der Waals surface area contributed by atoms with Crippen molar-refractivity contribution in [1.29, 1.82) is 0 Å². The third-order valence-corrected chi connectivity index (χ3v) is 2.28. The molecule has 0 saturated heterocycles. The van der Waals surface area contributed by atoms with Crippen LogP contribution < -0.4 is 0 Å². The fourth-order valence-corrected chi connectivity index (χ4v) is 1.48. The SMILES string of the molecule is C=C1c2cccc(O)c2C(=O)N1C. The van der Waals surface area contributed by atoms with Gasteiger partial charge in [0.05, 0.1) is 5.56 Å². The van der Waals surface area contributed by atoms with Crippen LogP contribution in [-0.4, -0.2) is 23.0 Å². The second kappa shape index (κ2) is 2.36. The number of carbonyl (C=O) groups is 1. The van der Waals surface area contributed by atoms with Crippen LogP contribution in [0.4, 0.5) is 0 Å². The van der Waals surface area contributed by atoms with Crippen LogP contribution in [0.5, 0.6) is 5.75 Å². The molecular weight excluding hydrogens is 166 g/mol. The molecule has 1 amide bonds. The number of amides is 1. The number of phenols is 1. The predicted molar refractivity (Wildman–Crippen MR) is 49.2 cm³/mol. The Labute approximate surface area is 75.9 Å². The van der Waals surface area contributed by atoms with E-state index in [1.807, 2.05) is 0 Å². The molecule has 3 nitrogen and oxygen atoms in total. The summed E-state index contributed by atoms with van der Waals surface area (Å²) in [5, 5.41) is 9.45. The van der Waals surface area contributed by atoms with Gasteiger partial charge in [0.15, 0.2) is 0 Å². The Morgan fingerprint density at radius 3 is 2.77 bits per heavy atom. The number of aromatic hydroxyl groups is 1. The van der Waals surface area contributed by atoms with Gasteiger partial charge in [0, 0.05) is 18.3 Å². The quantitative estimate of drug-likeness (QED) is 0.648. The van der Waals surface area contributed by atoms with Crippen LogP contribution in [0.15, 0.2) is 24.8 Å². The average molecular weight is 175 g/mol. The van der Waals surface area contributed by atoms with Crippen molar-refractivity contribution in [2.75, 3.05) is 7.05 Å². The molecule has 1 aromatic carbocycles. The highest BCUT2D eigenvalue weighted by atomic mass is 16.3. The summed E-state index contributed by atoms with van der Waals surface area (Å²) in [6.45, 7) is 3.76. The maximum Gasteiger partial charge on any atom is 0.262 e. The third kappa shape index (κ3) is 0.869. The highest BCUT2D eigenvalue weighted by Gasteiger charge is 2.30. The molecule has 1 aliphatic rings. The summed E-state index contributed by atoms with van der Waals surface area (Å²) < 4.78 is 0. The fraction of sp³-hybridized carbons (Fsp3) is 0.100. The van der Waals surface area contributed by atoms with E-state index in [1.54, 1.807) is 19.2 Å². The predicted octanol–water partition coefficient (Wildman–Crippen LogP) is 1.45. The number of fused-ring (bicyclic) bond motifs is 1. The molecular formula is C10H9NO2. The molecule has 66 valence electrons. The van der Waals surface area contributed by atoms with Gasteiger partial charge in [-0.1, -0.05) is 18.7 Å². The van der Waals surface area contributed by atoms with Gasteiger partial charge in [-0.3, -0.25) is 4.79 Å². The molecule has 0 aliphatic carbocycles. The maximum absolute atomic E-state index is 11.5. The van der Waals surface area contributed by atoms with Gasteiger partial charge in [-0.2, -0.15) is 0 Å². The highest BCUT2D eigenvalue weighted by Crippen LogP contribution is 2.34. The van der Waals surface area contributed by atoms with E-state index in [4.69, 9.17) is 0 Å². The molecule has 0 saturated carbocycles. The largest absolute Gasteiger partial charge is 0.507 e. The minimum Gasteiger partial charge on any atom is -0.507 e. The highest BCUT2D eigenvalue weighted by molar-refractivity contribution is 6.10. The van der Waals surface area contributed by atoms with Crippen molar-refractivity contribution >= 4 is 11.6 Å². The van der Waals surface area contributed by atoms with E-state index in [-0.39, 0.29) is 11.7 Å². The van der Waals surface area contributed by atoms with Crippen molar-refractivity contribution in [3.8, 4) is 5.75 Å². The molecule has 0 fully saturated rings. The molecule has 0 aromatic heterocycles. The number of nitrogens with zero attached hydrogens (tertiary/aromatic N) is 1. The molecule has 3 heteroatoms. The Morgan fingerprint density at radius 1 is 1.46 bits per heavy atom. The van der Waals surface area contributed by atoms with Gasteiger partial charge in [0.2, 0.25) is 0 Å². The molecule has 0 unspecified atom stereocenters. The Hall–Kier alpha value is -1.77. The summed E-state index contributed by atoms with van der Waals surface area (Å²) >= 11 is 0. The van der Waals surface area contributed by atoms with E-state index in [9.17, 15) is 9.90 Å². The lowest BCUT2D eigenvalue weighted by atomic mass is 10.1. The summed E-state index contributed by atoms with van der Waals surface area (Å²) in [7, 11) is 1.64. The molecule has 1 heterocycles. The zero-order valence-electron chi connectivity index (χ0n) is 7.24. The zero-order valence-corrected chi connectivity index (χ0v) is 7.24. The zero-order chi connectivity index (χ0) is 9.59. The van der Waals surface area contributed by atoms with Crippen molar-refractivity contribution in [2.45, 2.75) is 0 Å². The monoisotopic (exact) mass is 175 g/mol. The van der Waals surface area contributed by atoms with Crippen LogP contribution >= 0.6 is 0 Å². The van der Waals surface area contributed by atoms with E-state index in [0.29, 0.717) is 16.8 Å². The number of benzene rings is 1. The molecule has 13 heavy (non-hydrogen) atoms. The first kappa shape index (κ1) is 7.86. The summed E-state index contributed by atoms with van der Waals surface area (Å²) in [4.78, 5) is 13.0. The fourth-order valence-electron chi connectivity index (χ4n) is 1.48. The average Bonchev–Trinajstić information content (AvgIpc) is 2.33. The lowest BCUT2D eigenvalue weighted by Crippen LogP contribution is -2.16. The first-order valence-corrected chi connectivity index (χ1v) is 3.92. The van der Waals surface area contributed by atoms with E-state index < -0.39 is 0 Å². The van der Waals surface area contributed by atoms with Crippen molar-refractivity contribution < 1.29 is 9.90 Å². The van der Waals surface area contributed by atoms with Gasteiger partial charge in [-0.25, -0.2) is 0 Å². The molecule has 2 rings (SSSR count). The second-order valence-corrected chi connectivity index (χ2v) is 3.01. The summed E-state index contributed by atoms with van der Waals surface area (Å²) in [5.74, 6) is -0.175. The van der Waals surface area contributed by atoms with Crippen molar-refractivity contribution in [2.24, 2.45) is 0 Å². The lowest BCUT2D eigenvalue weighted by Gasteiger charge is -2.07. The van der Waals surface area contributed by atoms with Crippen LogP contribution in [-0.2, 0) is 0 Å². The molecule has 0 bridgehead atoms. The summed E-state index contributed by atoms with van der Waals surface area (Å²) in [5.41, 5.74) is 1.71. The van der Waals surface area contributed by atoms with Gasteiger partial charge < -0.3 is 10.0 Å². The third-order valence-electron chi connectivity index (χ3n) is 2.28. The molecule has 1 aromatic rings. The van der Waals surface area contributed by atoms with E-state index >= 15 is 0 Å². The van der Waals surface area contributed by atoms with E-state index in [1.165, 1.54) is 11.0 Å². The van der Waals surface area contributed by atoms with Crippen molar-refractivity contribution in [3.63, 3.8) is 0 Å². The normalized spacial score (nSPS) is 15.0. The standard InChI is InChI=1S/C10H9NO2/c1-6-7-4-3-5-8(12)9(7)10(13)11(6)2/h3-5,12H,1H2,2H3. The molecule has 1 N–H and O–H groups in total. The van der Waals surface area contributed by atoms with Crippen LogP contribution in [0.1, 0.15) is 15.9 Å². The Balaban J connectivity index is 2.74. The first-order chi connectivity index (χ1) is 6.13. The minimum absolute atomic E-state index is 0.0213. The van der Waals surface area contributed by atoms with E-state index in [2.05, 4.69) is 6.58 Å². The van der Waals surface area contributed by atoms with Gasteiger partial charge in [-0.05, 0) is 6.07 Å². The molecule has 0 spiro atoms. The summed E-state index contributed by atoms with van der Waals surface area (Å²) in [6.07, 6.45) is 0. The number of carbonyl (C=O) groups excluding carboxylic acids is 1. The first-order valence-electron chi connectivity index (χ1n) is 3.92. The van der Waals surface area contributed by atoms with Gasteiger partial charge >= 0.3 is 0 Å². The molecule has 1 aliphatic heterocycles. The number of rotatable bonds is 0. The topological polar surface area (TPSA) is 40.5 Å². The van der Waals surface area contributed by atoms with E-state index in [0.717, 1.165) is 0 Å². The van der Waals surface area contributed by atoms with Gasteiger partial charge in [0.1, 0.15) is 5.75 Å². The summed E-state index contributed by atoms with van der Waals surface area (Å²) in [6, 6.07) is 4.98. The Bertz CT molecular complexity index is 409. The van der Waals surface area contributed by atoms with Crippen LogP contribution in [0.3, 0.4) is 0 Å².